The summed E-state index contributed by atoms with van der Waals surface area (Å²) in [4.78, 5) is 4.75. The molecule has 1 aliphatic rings. The summed E-state index contributed by atoms with van der Waals surface area (Å²) in [6.45, 7) is 0.816. The topological polar surface area (TPSA) is 3.24 Å². The largest absolute Gasteiger partial charge is 0.339 e. The van der Waals surface area contributed by atoms with Gasteiger partial charge < -0.3 is 4.90 Å². The summed E-state index contributed by atoms with van der Waals surface area (Å²) in [6.07, 6.45) is 0.839. The molecule has 0 bridgehead atoms. The molecular weight excluding hydrogens is 341 g/mol. The molecule has 24 heavy (non-hydrogen) atoms. The summed E-state index contributed by atoms with van der Waals surface area (Å²) >= 11 is 7.99. The van der Waals surface area contributed by atoms with Crippen LogP contribution in [0.1, 0.15) is 5.56 Å². The maximum absolute atomic E-state index is 13.1. The van der Waals surface area contributed by atoms with Crippen LogP contribution in [0.4, 0.5) is 15.8 Å². The predicted octanol–water partition coefficient (Wildman–Crippen LogP) is 6.32. The minimum atomic E-state index is -0.199. The Labute approximate surface area is 150 Å². The highest BCUT2D eigenvalue weighted by atomic mass is 35.5. The van der Waals surface area contributed by atoms with Gasteiger partial charge in [0, 0.05) is 21.4 Å². The molecule has 3 aromatic carbocycles. The van der Waals surface area contributed by atoms with E-state index in [1.165, 1.54) is 27.6 Å². The van der Waals surface area contributed by atoms with Gasteiger partial charge in [0.05, 0.1) is 11.4 Å². The maximum Gasteiger partial charge on any atom is 0.123 e. The number of rotatable bonds is 3. The van der Waals surface area contributed by atoms with Crippen molar-refractivity contribution >= 4 is 34.7 Å². The lowest BCUT2D eigenvalue weighted by atomic mass is 10.1. The van der Waals surface area contributed by atoms with Crippen molar-refractivity contribution in [1.29, 1.82) is 0 Å². The van der Waals surface area contributed by atoms with Gasteiger partial charge in [-0.3, -0.25) is 0 Å². The Hall–Kier alpha value is -1.97. The van der Waals surface area contributed by atoms with Crippen molar-refractivity contribution in [3.05, 3.63) is 83.1 Å². The standard InChI is InChI=1S/C20H15ClFNS/c21-15-7-10-20-18(13-15)23(17-3-1-2-4-19(17)24-20)12-11-14-5-8-16(22)9-6-14/h1-10,13H,11-12H2. The smallest absolute Gasteiger partial charge is 0.123 e. The number of fused-ring (bicyclic) bond motifs is 2. The Morgan fingerprint density at radius 1 is 0.875 bits per heavy atom. The number of benzene rings is 3. The molecule has 3 aromatic rings. The zero-order chi connectivity index (χ0) is 16.5. The van der Waals surface area contributed by atoms with Crippen molar-refractivity contribution in [2.75, 3.05) is 11.4 Å². The van der Waals surface area contributed by atoms with Crippen LogP contribution < -0.4 is 4.90 Å². The fourth-order valence-corrected chi connectivity index (χ4v) is 4.18. The minimum absolute atomic E-state index is 0.199. The Kier molecular flexibility index (Phi) is 4.21. The monoisotopic (exact) mass is 355 g/mol. The highest BCUT2D eigenvalue weighted by Gasteiger charge is 2.23. The van der Waals surface area contributed by atoms with E-state index in [0.29, 0.717) is 0 Å². The number of nitrogens with zero attached hydrogens (tertiary/aromatic N) is 1. The predicted molar refractivity (Wildman–Crippen MR) is 99.1 cm³/mol. The van der Waals surface area contributed by atoms with E-state index in [4.69, 9.17) is 11.6 Å². The van der Waals surface area contributed by atoms with Crippen LogP contribution in [-0.2, 0) is 6.42 Å². The summed E-state index contributed by atoms with van der Waals surface area (Å²) in [6, 6.07) is 21.1. The first-order valence-electron chi connectivity index (χ1n) is 7.79. The van der Waals surface area contributed by atoms with Crippen LogP contribution in [0.5, 0.6) is 0 Å². The van der Waals surface area contributed by atoms with Crippen LogP contribution in [0.25, 0.3) is 0 Å². The van der Waals surface area contributed by atoms with Gasteiger partial charge in [0.2, 0.25) is 0 Å². The molecule has 0 atom stereocenters. The zero-order valence-electron chi connectivity index (χ0n) is 12.9. The molecule has 4 heteroatoms. The fraction of sp³-hybridized carbons (Fsp3) is 0.100. The maximum atomic E-state index is 13.1. The number of anilines is 2. The van der Waals surface area contributed by atoms with Gasteiger partial charge in [-0.05, 0) is 54.4 Å². The molecule has 0 aromatic heterocycles. The van der Waals surface area contributed by atoms with E-state index >= 15 is 0 Å². The van der Waals surface area contributed by atoms with Gasteiger partial charge in [-0.25, -0.2) is 4.39 Å². The summed E-state index contributed by atoms with van der Waals surface area (Å²) < 4.78 is 13.1. The van der Waals surface area contributed by atoms with Crippen molar-refractivity contribution in [2.24, 2.45) is 0 Å². The molecule has 0 radical (unpaired) electrons. The second-order valence-electron chi connectivity index (χ2n) is 5.71. The average Bonchev–Trinajstić information content (AvgIpc) is 2.60. The quantitative estimate of drug-likeness (QED) is 0.540. The molecule has 0 N–H and O–H groups in total. The van der Waals surface area contributed by atoms with Gasteiger partial charge in [0.15, 0.2) is 0 Å². The second kappa shape index (κ2) is 6.50. The molecule has 1 nitrogen and oxygen atoms in total. The number of hydrogen-bond acceptors (Lipinski definition) is 2. The summed E-state index contributed by atoms with van der Waals surface area (Å²) in [7, 11) is 0. The molecule has 1 heterocycles. The Morgan fingerprint density at radius 2 is 1.62 bits per heavy atom. The third-order valence-electron chi connectivity index (χ3n) is 4.13. The van der Waals surface area contributed by atoms with Gasteiger partial charge in [-0.1, -0.05) is 47.6 Å². The van der Waals surface area contributed by atoms with Crippen molar-refractivity contribution in [2.45, 2.75) is 16.2 Å². The van der Waals surface area contributed by atoms with E-state index in [1.807, 2.05) is 24.3 Å². The molecule has 0 fully saturated rings. The van der Waals surface area contributed by atoms with Crippen LogP contribution in [0.3, 0.4) is 0 Å². The first-order valence-corrected chi connectivity index (χ1v) is 8.98. The van der Waals surface area contributed by atoms with Gasteiger partial charge in [-0.2, -0.15) is 0 Å². The Balaban J connectivity index is 1.68. The van der Waals surface area contributed by atoms with E-state index in [9.17, 15) is 4.39 Å². The van der Waals surface area contributed by atoms with Gasteiger partial charge >= 0.3 is 0 Å². The molecule has 0 spiro atoms. The van der Waals surface area contributed by atoms with Crippen molar-refractivity contribution in [3.8, 4) is 0 Å². The summed E-state index contributed by atoms with van der Waals surface area (Å²) in [5.41, 5.74) is 3.45. The minimum Gasteiger partial charge on any atom is -0.339 e. The van der Waals surface area contributed by atoms with Crippen molar-refractivity contribution < 1.29 is 4.39 Å². The highest BCUT2D eigenvalue weighted by Crippen LogP contribution is 2.48. The van der Waals surface area contributed by atoms with E-state index < -0.39 is 0 Å². The Bertz CT molecular complexity index is 879. The average molecular weight is 356 g/mol. The van der Waals surface area contributed by atoms with E-state index in [2.05, 4.69) is 35.2 Å². The van der Waals surface area contributed by atoms with Crippen LogP contribution in [0, 0.1) is 5.82 Å². The number of para-hydroxylation sites is 1. The molecule has 0 aliphatic carbocycles. The summed E-state index contributed by atoms with van der Waals surface area (Å²) in [5, 5.41) is 0.737. The Morgan fingerprint density at radius 3 is 2.46 bits per heavy atom. The van der Waals surface area contributed by atoms with Crippen LogP contribution in [0.15, 0.2) is 76.5 Å². The van der Waals surface area contributed by atoms with Crippen LogP contribution in [-0.4, -0.2) is 6.54 Å². The first kappa shape index (κ1) is 15.6. The molecule has 1 aliphatic heterocycles. The zero-order valence-corrected chi connectivity index (χ0v) is 14.4. The van der Waals surface area contributed by atoms with Crippen molar-refractivity contribution in [1.82, 2.24) is 0 Å². The van der Waals surface area contributed by atoms with Crippen LogP contribution in [0.2, 0.25) is 5.02 Å². The number of halogens is 2. The van der Waals surface area contributed by atoms with Crippen molar-refractivity contribution in [3.63, 3.8) is 0 Å². The molecule has 0 amide bonds. The molecule has 0 saturated heterocycles. The summed E-state index contributed by atoms with van der Waals surface area (Å²) in [5.74, 6) is -0.199. The van der Waals surface area contributed by atoms with Gasteiger partial charge in [0.25, 0.3) is 0 Å². The van der Waals surface area contributed by atoms with E-state index in [0.717, 1.165) is 29.2 Å². The lowest BCUT2D eigenvalue weighted by Crippen LogP contribution is -2.23. The molecule has 4 rings (SSSR count). The molecule has 0 saturated carbocycles. The fourth-order valence-electron chi connectivity index (χ4n) is 2.94. The third-order valence-corrected chi connectivity index (χ3v) is 5.49. The SMILES string of the molecule is Fc1ccc(CCN2c3ccccc3Sc3ccc(Cl)cc32)cc1. The molecular formula is C20H15ClFNS. The van der Waals surface area contributed by atoms with Gasteiger partial charge in [0.1, 0.15) is 5.82 Å². The van der Waals surface area contributed by atoms with Gasteiger partial charge in [-0.15, -0.1) is 0 Å². The lowest BCUT2D eigenvalue weighted by molar-refractivity contribution is 0.627. The van der Waals surface area contributed by atoms with Crippen LogP contribution >= 0.6 is 23.4 Å². The highest BCUT2D eigenvalue weighted by molar-refractivity contribution is 7.99. The second-order valence-corrected chi connectivity index (χ2v) is 7.23. The van der Waals surface area contributed by atoms with E-state index in [1.54, 1.807) is 11.8 Å². The lowest BCUT2D eigenvalue weighted by Gasteiger charge is -2.33. The number of hydrogen-bond donors (Lipinski definition) is 0. The first-order chi connectivity index (χ1) is 11.7. The molecule has 0 unspecified atom stereocenters. The third kappa shape index (κ3) is 3.02. The normalized spacial score (nSPS) is 12.7. The van der Waals surface area contributed by atoms with E-state index in [-0.39, 0.29) is 5.82 Å². The molecule has 120 valence electrons.